The minimum atomic E-state index is -2.89. The molecule has 0 aliphatic heterocycles. The summed E-state index contributed by atoms with van der Waals surface area (Å²) >= 11 is 0. The van der Waals surface area contributed by atoms with Gasteiger partial charge in [0.15, 0.2) is 0 Å². The zero-order chi connectivity index (χ0) is 22.3. The lowest BCUT2D eigenvalue weighted by atomic mass is 10.0. The number of carbonyl (C=O) groups excluding carboxylic acids is 1. The number of alkyl halides is 2. The number of ether oxygens (including phenoxy) is 2. The van der Waals surface area contributed by atoms with Crippen LogP contribution in [0.2, 0.25) is 0 Å². The Morgan fingerprint density at radius 2 is 1.60 bits per heavy atom. The van der Waals surface area contributed by atoms with E-state index >= 15 is 0 Å². The average molecular weight is 421 g/mol. The van der Waals surface area contributed by atoms with E-state index in [9.17, 15) is 18.4 Å². The first-order valence-electron chi connectivity index (χ1n) is 9.46. The van der Waals surface area contributed by atoms with E-state index < -0.39 is 18.7 Å². The molecule has 1 amide bonds. The quantitative estimate of drug-likeness (QED) is 0.594. The van der Waals surface area contributed by atoms with Crippen LogP contribution < -0.4 is 10.1 Å². The fourth-order valence-electron chi connectivity index (χ4n) is 2.82. The third-order valence-electron chi connectivity index (χ3n) is 4.46. The Hall–Kier alpha value is -3.00. The molecule has 8 heteroatoms. The first-order valence-corrected chi connectivity index (χ1v) is 9.46. The number of hydrogen-bond donors (Lipinski definition) is 2. The van der Waals surface area contributed by atoms with Crippen molar-refractivity contribution in [2.24, 2.45) is 5.92 Å². The molecule has 0 saturated carbocycles. The van der Waals surface area contributed by atoms with Crippen LogP contribution in [0.25, 0.3) is 0 Å². The van der Waals surface area contributed by atoms with E-state index in [0.717, 1.165) is 5.56 Å². The number of hydrogen-bond acceptors (Lipinski definition) is 4. The molecule has 2 N–H and O–H groups in total. The summed E-state index contributed by atoms with van der Waals surface area (Å²) in [6, 6.07) is 12.0. The maximum absolute atomic E-state index is 12.7. The molecule has 0 aliphatic rings. The van der Waals surface area contributed by atoms with Crippen LogP contribution in [0.4, 0.5) is 8.78 Å². The Kier molecular flexibility index (Phi) is 8.29. The molecular weight excluding hydrogens is 396 g/mol. The molecule has 2 unspecified atom stereocenters. The van der Waals surface area contributed by atoms with Crippen LogP contribution in [-0.4, -0.2) is 29.7 Å². The smallest absolute Gasteiger partial charge is 0.387 e. The molecule has 0 saturated heterocycles. The van der Waals surface area contributed by atoms with Crippen molar-refractivity contribution in [3.63, 3.8) is 0 Å². The highest BCUT2D eigenvalue weighted by molar-refractivity contribution is 5.87. The zero-order valence-electron chi connectivity index (χ0n) is 17.0. The van der Waals surface area contributed by atoms with Crippen LogP contribution >= 0.6 is 0 Å². The molecule has 6 nitrogen and oxygen atoms in total. The van der Waals surface area contributed by atoms with Crippen molar-refractivity contribution in [3.05, 3.63) is 65.2 Å². The number of benzene rings is 2. The number of halogens is 2. The average Bonchev–Trinajstić information content (AvgIpc) is 2.68. The van der Waals surface area contributed by atoms with Crippen LogP contribution in [0.3, 0.4) is 0 Å². The second-order valence-electron chi connectivity index (χ2n) is 7.16. The van der Waals surface area contributed by atoms with Crippen LogP contribution in [0.5, 0.6) is 5.75 Å². The van der Waals surface area contributed by atoms with Gasteiger partial charge >= 0.3 is 12.6 Å². The van der Waals surface area contributed by atoms with Gasteiger partial charge in [-0.15, -0.1) is 0 Å². The fraction of sp³-hybridized carbons (Fsp3) is 0.364. The summed E-state index contributed by atoms with van der Waals surface area (Å²) in [6.45, 7) is 2.76. The maximum atomic E-state index is 12.7. The van der Waals surface area contributed by atoms with Gasteiger partial charge in [-0.05, 0) is 48.2 Å². The predicted octanol–water partition coefficient (Wildman–Crippen LogP) is 4.40. The van der Waals surface area contributed by atoms with Crippen molar-refractivity contribution in [3.8, 4) is 5.75 Å². The minimum Gasteiger partial charge on any atom is -0.478 e. The maximum Gasteiger partial charge on any atom is 0.387 e. The second kappa shape index (κ2) is 10.7. The molecule has 2 rings (SSSR count). The lowest BCUT2D eigenvalue weighted by molar-refractivity contribution is -0.137. The highest BCUT2D eigenvalue weighted by Gasteiger charge is 2.24. The Bertz CT molecular complexity index is 838. The third-order valence-corrected chi connectivity index (χ3v) is 4.46. The van der Waals surface area contributed by atoms with Gasteiger partial charge in [0.1, 0.15) is 11.9 Å². The summed E-state index contributed by atoms with van der Waals surface area (Å²) in [6.07, 6.45) is -0.720. The predicted molar refractivity (Wildman–Crippen MR) is 106 cm³/mol. The SMILES string of the molecule is CC(NC(=O)C(OCc1ccc(OC(F)F)cc1)C(C)C)c1ccc(C(=O)O)cc1. The zero-order valence-corrected chi connectivity index (χ0v) is 17.0. The highest BCUT2D eigenvalue weighted by Crippen LogP contribution is 2.18. The van der Waals surface area contributed by atoms with Crippen molar-refractivity contribution in [2.75, 3.05) is 0 Å². The van der Waals surface area contributed by atoms with Crippen LogP contribution in [0.1, 0.15) is 48.3 Å². The molecule has 2 aromatic rings. The van der Waals surface area contributed by atoms with Crippen LogP contribution in [0.15, 0.2) is 48.5 Å². The summed E-state index contributed by atoms with van der Waals surface area (Å²) in [7, 11) is 0. The Labute approximate surface area is 173 Å². The summed E-state index contributed by atoms with van der Waals surface area (Å²) < 4.78 is 34.5. The van der Waals surface area contributed by atoms with E-state index in [2.05, 4.69) is 10.1 Å². The minimum absolute atomic E-state index is 0.0506. The summed E-state index contributed by atoms with van der Waals surface area (Å²) in [5.41, 5.74) is 1.66. The molecule has 162 valence electrons. The lowest BCUT2D eigenvalue weighted by Crippen LogP contribution is -2.40. The van der Waals surface area contributed by atoms with E-state index in [1.54, 1.807) is 31.2 Å². The summed E-state index contributed by atoms with van der Waals surface area (Å²) in [4.78, 5) is 23.7. The molecule has 0 bridgehead atoms. The van der Waals surface area contributed by atoms with E-state index in [1.807, 2.05) is 13.8 Å². The first kappa shape index (κ1) is 23.3. The van der Waals surface area contributed by atoms with Gasteiger partial charge in [0.2, 0.25) is 5.91 Å². The molecule has 0 heterocycles. The molecule has 2 aromatic carbocycles. The van der Waals surface area contributed by atoms with Gasteiger partial charge in [-0.1, -0.05) is 38.1 Å². The molecular formula is C22H25F2NO5. The van der Waals surface area contributed by atoms with Gasteiger partial charge in [0.05, 0.1) is 18.2 Å². The van der Waals surface area contributed by atoms with Crippen molar-refractivity contribution in [1.29, 1.82) is 0 Å². The van der Waals surface area contributed by atoms with E-state index in [-0.39, 0.29) is 35.8 Å². The van der Waals surface area contributed by atoms with Crippen molar-refractivity contribution in [1.82, 2.24) is 5.32 Å². The molecule has 0 spiro atoms. The van der Waals surface area contributed by atoms with Gasteiger partial charge in [-0.2, -0.15) is 8.78 Å². The number of rotatable bonds is 10. The topological polar surface area (TPSA) is 84.9 Å². The Morgan fingerprint density at radius 3 is 2.10 bits per heavy atom. The van der Waals surface area contributed by atoms with Gasteiger partial charge in [-0.25, -0.2) is 4.79 Å². The number of carboxylic acids is 1. The normalized spacial score (nSPS) is 13.2. The third kappa shape index (κ3) is 6.81. The fourth-order valence-corrected chi connectivity index (χ4v) is 2.82. The highest BCUT2D eigenvalue weighted by atomic mass is 19.3. The van der Waals surface area contributed by atoms with Gasteiger partial charge in [-0.3, -0.25) is 4.79 Å². The monoisotopic (exact) mass is 421 g/mol. The molecule has 0 aromatic heterocycles. The van der Waals surface area contributed by atoms with Gasteiger partial charge in [0.25, 0.3) is 0 Å². The van der Waals surface area contributed by atoms with E-state index in [0.29, 0.717) is 5.56 Å². The Morgan fingerprint density at radius 1 is 1.00 bits per heavy atom. The largest absolute Gasteiger partial charge is 0.478 e. The second-order valence-corrected chi connectivity index (χ2v) is 7.16. The first-order chi connectivity index (χ1) is 14.2. The van der Waals surface area contributed by atoms with Gasteiger partial charge < -0.3 is 19.9 Å². The molecule has 30 heavy (non-hydrogen) atoms. The number of aromatic carboxylic acids is 1. The number of carbonyl (C=O) groups is 2. The summed E-state index contributed by atoms with van der Waals surface area (Å²) in [5, 5.41) is 11.9. The van der Waals surface area contributed by atoms with Gasteiger partial charge in [0, 0.05) is 0 Å². The van der Waals surface area contributed by atoms with E-state index in [4.69, 9.17) is 9.84 Å². The standard InChI is InChI=1S/C22H25F2NO5/c1-13(2)19(29-12-15-4-10-18(11-5-15)30-22(23)24)20(26)25-14(3)16-6-8-17(9-7-16)21(27)28/h4-11,13-14,19,22H,12H2,1-3H3,(H,25,26)(H,27,28). The van der Waals surface area contributed by atoms with Crippen molar-refractivity contribution >= 4 is 11.9 Å². The van der Waals surface area contributed by atoms with Crippen molar-refractivity contribution in [2.45, 2.75) is 46.1 Å². The van der Waals surface area contributed by atoms with Crippen LogP contribution in [0, 0.1) is 5.92 Å². The Balaban J connectivity index is 1.96. The summed E-state index contributed by atoms with van der Waals surface area (Å²) in [5.74, 6) is -1.36. The van der Waals surface area contributed by atoms with Crippen molar-refractivity contribution < 1.29 is 33.0 Å². The lowest BCUT2D eigenvalue weighted by Gasteiger charge is -2.23. The number of carboxylic acid groups (broad SMARTS) is 1. The number of amides is 1. The number of nitrogens with one attached hydrogen (secondary N) is 1. The molecule has 0 radical (unpaired) electrons. The van der Waals surface area contributed by atoms with Crippen LogP contribution in [-0.2, 0) is 16.1 Å². The molecule has 2 atom stereocenters. The molecule has 0 aliphatic carbocycles. The molecule has 0 fully saturated rings. The van der Waals surface area contributed by atoms with E-state index in [1.165, 1.54) is 24.3 Å².